The standard InChI is InChI=1S/C14H12F3NO3/c15-7-5-10(16)12(11(17)6-7)18-13(19)8-3-1-2-4-9(8)14(20)21/h1-2,5-6,8-9H,3-4H2,(H,18,19)(H,20,21)/t8-,9+/m1/s1. The molecule has 2 atom stereocenters. The highest BCUT2D eigenvalue weighted by Crippen LogP contribution is 2.28. The van der Waals surface area contributed by atoms with E-state index in [0.29, 0.717) is 12.1 Å². The summed E-state index contributed by atoms with van der Waals surface area (Å²) >= 11 is 0. The number of amides is 1. The number of rotatable bonds is 3. The summed E-state index contributed by atoms with van der Waals surface area (Å²) in [6.45, 7) is 0. The van der Waals surface area contributed by atoms with Gasteiger partial charge >= 0.3 is 5.97 Å². The predicted molar refractivity (Wildman–Crippen MR) is 67.9 cm³/mol. The zero-order valence-electron chi connectivity index (χ0n) is 10.8. The molecule has 0 radical (unpaired) electrons. The zero-order chi connectivity index (χ0) is 15.6. The number of carbonyl (C=O) groups excluding carboxylic acids is 1. The summed E-state index contributed by atoms with van der Waals surface area (Å²) in [6.07, 6.45) is 3.61. The second kappa shape index (κ2) is 5.99. The Bertz CT molecular complexity index is 592. The molecular formula is C14H12F3NO3. The van der Waals surface area contributed by atoms with Gasteiger partial charge in [0, 0.05) is 12.1 Å². The van der Waals surface area contributed by atoms with E-state index in [4.69, 9.17) is 5.11 Å². The fourth-order valence-electron chi connectivity index (χ4n) is 2.25. The number of carboxylic acid groups (broad SMARTS) is 1. The molecule has 2 N–H and O–H groups in total. The van der Waals surface area contributed by atoms with Gasteiger partial charge in [-0.05, 0) is 12.8 Å². The summed E-state index contributed by atoms with van der Waals surface area (Å²) < 4.78 is 39.7. The average molecular weight is 299 g/mol. The van der Waals surface area contributed by atoms with Crippen LogP contribution in [0.3, 0.4) is 0 Å². The molecule has 0 spiro atoms. The monoisotopic (exact) mass is 299 g/mol. The Balaban J connectivity index is 2.21. The van der Waals surface area contributed by atoms with Gasteiger partial charge in [0.2, 0.25) is 5.91 Å². The third-order valence-electron chi connectivity index (χ3n) is 3.34. The number of allylic oxidation sites excluding steroid dienone is 2. The van der Waals surface area contributed by atoms with Crippen LogP contribution in [0.15, 0.2) is 24.3 Å². The van der Waals surface area contributed by atoms with Gasteiger partial charge in [0.15, 0.2) is 11.6 Å². The lowest BCUT2D eigenvalue weighted by molar-refractivity contribution is -0.146. The zero-order valence-corrected chi connectivity index (χ0v) is 10.8. The quantitative estimate of drug-likeness (QED) is 0.843. The van der Waals surface area contributed by atoms with Crippen LogP contribution in [0.1, 0.15) is 12.8 Å². The first-order valence-electron chi connectivity index (χ1n) is 6.23. The van der Waals surface area contributed by atoms with Crippen molar-refractivity contribution in [3.05, 3.63) is 41.7 Å². The van der Waals surface area contributed by atoms with E-state index < -0.39 is 46.9 Å². The Morgan fingerprint density at radius 2 is 1.57 bits per heavy atom. The third-order valence-corrected chi connectivity index (χ3v) is 3.34. The molecule has 1 aliphatic carbocycles. The minimum atomic E-state index is -1.25. The van der Waals surface area contributed by atoms with E-state index in [1.807, 2.05) is 5.32 Å². The van der Waals surface area contributed by atoms with Crippen molar-refractivity contribution >= 4 is 17.6 Å². The maximum absolute atomic E-state index is 13.5. The van der Waals surface area contributed by atoms with Crippen LogP contribution in [-0.2, 0) is 9.59 Å². The molecule has 21 heavy (non-hydrogen) atoms. The first-order valence-corrected chi connectivity index (χ1v) is 6.23. The van der Waals surface area contributed by atoms with Crippen LogP contribution in [0.4, 0.5) is 18.9 Å². The Kier molecular flexibility index (Phi) is 4.30. The van der Waals surface area contributed by atoms with Crippen LogP contribution in [0, 0.1) is 29.3 Å². The summed E-state index contributed by atoms with van der Waals surface area (Å²) in [5.74, 6) is -7.46. The molecule has 1 aliphatic rings. The maximum Gasteiger partial charge on any atom is 0.307 e. The predicted octanol–water partition coefficient (Wildman–Crippen LogP) is 2.71. The van der Waals surface area contributed by atoms with Gasteiger partial charge in [-0.1, -0.05) is 12.2 Å². The van der Waals surface area contributed by atoms with E-state index in [0.717, 1.165) is 0 Å². The van der Waals surface area contributed by atoms with Gasteiger partial charge in [0.1, 0.15) is 11.5 Å². The number of carbonyl (C=O) groups is 2. The second-order valence-electron chi connectivity index (χ2n) is 4.73. The van der Waals surface area contributed by atoms with Gasteiger partial charge in [-0.3, -0.25) is 9.59 Å². The molecule has 0 aromatic heterocycles. The number of nitrogens with one attached hydrogen (secondary N) is 1. The highest BCUT2D eigenvalue weighted by atomic mass is 19.1. The summed E-state index contributed by atoms with van der Waals surface area (Å²) in [7, 11) is 0. The van der Waals surface area contributed by atoms with E-state index in [9.17, 15) is 22.8 Å². The number of carboxylic acids is 1. The van der Waals surface area contributed by atoms with E-state index in [2.05, 4.69) is 0 Å². The molecule has 112 valence electrons. The van der Waals surface area contributed by atoms with Crippen molar-refractivity contribution in [1.82, 2.24) is 0 Å². The maximum atomic E-state index is 13.5. The first kappa shape index (κ1) is 15.1. The van der Waals surface area contributed by atoms with Gasteiger partial charge in [-0.2, -0.15) is 0 Å². The molecule has 0 heterocycles. The highest BCUT2D eigenvalue weighted by molar-refractivity contribution is 5.95. The van der Waals surface area contributed by atoms with E-state index in [1.54, 1.807) is 12.2 Å². The van der Waals surface area contributed by atoms with E-state index in [1.165, 1.54) is 0 Å². The van der Waals surface area contributed by atoms with Crippen LogP contribution >= 0.6 is 0 Å². The lowest BCUT2D eigenvalue weighted by Crippen LogP contribution is -2.35. The van der Waals surface area contributed by atoms with Crippen LogP contribution in [-0.4, -0.2) is 17.0 Å². The normalized spacial score (nSPS) is 21.1. The minimum absolute atomic E-state index is 0.160. The fourth-order valence-corrected chi connectivity index (χ4v) is 2.25. The van der Waals surface area contributed by atoms with Crippen molar-refractivity contribution in [3.63, 3.8) is 0 Å². The summed E-state index contributed by atoms with van der Waals surface area (Å²) in [6, 6.07) is 0.877. The Hall–Kier alpha value is -2.31. The second-order valence-corrected chi connectivity index (χ2v) is 4.73. The summed E-state index contributed by atoms with van der Waals surface area (Å²) in [4.78, 5) is 23.1. The molecule has 0 bridgehead atoms. The number of benzene rings is 1. The average Bonchev–Trinajstić information content (AvgIpc) is 2.42. The Morgan fingerprint density at radius 1 is 1.05 bits per heavy atom. The molecule has 0 saturated carbocycles. The first-order chi connectivity index (χ1) is 9.90. The largest absolute Gasteiger partial charge is 0.481 e. The van der Waals surface area contributed by atoms with Crippen LogP contribution in [0.5, 0.6) is 0 Å². The number of aliphatic carboxylic acids is 1. The molecule has 1 amide bonds. The molecule has 0 fully saturated rings. The number of halogens is 3. The van der Waals surface area contributed by atoms with Crippen molar-refractivity contribution in [3.8, 4) is 0 Å². The number of hydrogen-bond donors (Lipinski definition) is 2. The molecule has 0 saturated heterocycles. The minimum Gasteiger partial charge on any atom is -0.481 e. The Labute approximate surface area is 118 Å². The SMILES string of the molecule is O=C(O)[C@H]1CC=CC[C@H]1C(=O)Nc1c(F)cc(F)cc1F. The molecule has 1 aromatic rings. The number of hydrogen-bond acceptors (Lipinski definition) is 2. The molecule has 0 unspecified atom stereocenters. The van der Waals surface area contributed by atoms with Crippen molar-refractivity contribution in [2.75, 3.05) is 5.32 Å². The highest BCUT2D eigenvalue weighted by Gasteiger charge is 2.34. The van der Waals surface area contributed by atoms with Crippen molar-refractivity contribution < 1.29 is 27.9 Å². The summed E-state index contributed by atoms with van der Waals surface area (Å²) in [5.41, 5.74) is -0.778. The van der Waals surface area contributed by atoms with E-state index in [-0.39, 0.29) is 12.8 Å². The van der Waals surface area contributed by atoms with Gasteiger partial charge in [-0.15, -0.1) is 0 Å². The number of anilines is 1. The van der Waals surface area contributed by atoms with Gasteiger partial charge in [-0.25, -0.2) is 13.2 Å². The van der Waals surface area contributed by atoms with Gasteiger partial charge < -0.3 is 10.4 Å². The Morgan fingerprint density at radius 3 is 2.10 bits per heavy atom. The molecule has 0 aliphatic heterocycles. The van der Waals surface area contributed by atoms with E-state index >= 15 is 0 Å². The van der Waals surface area contributed by atoms with Crippen LogP contribution < -0.4 is 5.32 Å². The summed E-state index contributed by atoms with van der Waals surface area (Å²) in [5, 5.41) is 11.1. The van der Waals surface area contributed by atoms with Crippen molar-refractivity contribution in [2.24, 2.45) is 11.8 Å². The molecule has 4 nitrogen and oxygen atoms in total. The van der Waals surface area contributed by atoms with Gasteiger partial charge in [0.25, 0.3) is 0 Å². The van der Waals surface area contributed by atoms with Crippen molar-refractivity contribution in [2.45, 2.75) is 12.8 Å². The van der Waals surface area contributed by atoms with Crippen LogP contribution in [0.2, 0.25) is 0 Å². The topological polar surface area (TPSA) is 66.4 Å². The smallest absolute Gasteiger partial charge is 0.307 e. The third kappa shape index (κ3) is 3.24. The molecule has 2 rings (SSSR count). The van der Waals surface area contributed by atoms with Crippen LogP contribution in [0.25, 0.3) is 0 Å². The molecule has 1 aromatic carbocycles. The molecule has 7 heteroatoms. The lowest BCUT2D eigenvalue weighted by atomic mass is 9.82. The van der Waals surface area contributed by atoms with Crippen molar-refractivity contribution in [1.29, 1.82) is 0 Å². The lowest BCUT2D eigenvalue weighted by Gasteiger charge is -2.24. The molecular weight excluding hydrogens is 287 g/mol. The van der Waals surface area contributed by atoms with Gasteiger partial charge in [0.05, 0.1) is 11.8 Å². The fraction of sp³-hybridized carbons (Fsp3) is 0.286.